The third kappa shape index (κ3) is 2.69. The number of ketones is 1. The van der Waals surface area contributed by atoms with Crippen LogP contribution in [0.15, 0.2) is 20.6 Å². The summed E-state index contributed by atoms with van der Waals surface area (Å²) in [6.07, 6.45) is 0. The van der Waals surface area contributed by atoms with Crippen molar-refractivity contribution >= 4 is 33.7 Å². The predicted octanol–water partition coefficient (Wildman–Crippen LogP) is 1.44. The first-order valence-corrected chi connectivity index (χ1v) is 5.46. The van der Waals surface area contributed by atoms with E-state index in [2.05, 4.69) is 20.5 Å². The molecule has 84 valence electrons. The molecule has 0 radical (unpaired) electrons. The summed E-state index contributed by atoms with van der Waals surface area (Å²) in [4.78, 5) is 18.7. The minimum atomic E-state index is 0.0248. The zero-order valence-corrected chi connectivity index (χ0v) is 9.67. The van der Waals surface area contributed by atoms with E-state index < -0.39 is 0 Å². The highest BCUT2D eigenvalue weighted by Crippen LogP contribution is 2.21. The van der Waals surface area contributed by atoms with Gasteiger partial charge in [0.05, 0.1) is 0 Å². The summed E-state index contributed by atoms with van der Waals surface area (Å²) >= 11 is 1.37. The Morgan fingerprint density at radius 2 is 2.44 bits per heavy atom. The summed E-state index contributed by atoms with van der Waals surface area (Å²) in [6, 6.07) is 1.77. The van der Waals surface area contributed by atoms with Gasteiger partial charge in [0.1, 0.15) is 12.3 Å². The molecule has 6 nitrogen and oxygen atoms in total. The number of hydrogen-bond acceptors (Lipinski definition) is 6. The Kier molecular flexibility index (Phi) is 3.04. The number of carbonyl (C=O) groups excluding carboxylic acids is 1. The van der Waals surface area contributed by atoms with E-state index in [4.69, 9.17) is 4.52 Å². The Labute approximate surface area is 96.2 Å². The molecule has 0 atom stereocenters. The van der Waals surface area contributed by atoms with Crippen LogP contribution in [0, 0.1) is 6.92 Å². The Morgan fingerprint density at radius 3 is 3.00 bits per heavy atom. The van der Waals surface area contributed by atoms with E-state index in [1.165, 1.54) is 18.7 Å². The van der Waals surface area contributed by atoms with Gasteiger partial charge in [-0.3, -0.25) is 9.79 Å². The fourth-order valence-corrected chi connectivity index (χ4v) is 1.61. The Balaban J connectivity index is 1.89. The van der Waals surface area contributed by atoms with E-state index in [-0.39, 0.29) is 12.3 Å². The van der Waals surface area contributed by atoms with Crippen LogP contribution in [0.5, 0.6) is 0 Å². The number of aryl methyl sites for hydroxylation is 1. The maximum absolute atomic E-state index is 10.7. The van der Waals surface area contributed by atoms with Gasteiger partial charge < -0.3 is 9.84 Å². The van der Waals surface area contributed by atoms with Crippen molar-refractivity contribution in [3.05, 3.63) is 11.8 Å². The first kappa shape index (κ1) is 10.9. The Morgan fingerprint density at radius 1 is 1.69 bits per heavy atom. The number of amidine groups is 2. The van der Waals surface area contributed by atoms with Gasteiger partial charge in [-0.25, -0.2) is 0 Å². The number of nitrogens with one attached hydrogen (secondary N) is 1. The molecule has 0 bridgehead atoms. The molecule has 2 heterocycles. The van der Waals surface area contributed by atoms with Crippen molar-refractivity contribution in [2.75, 3.05) is 11.9 Å². The lowest BCUT2D eigenvalue weighted by Gasteiger charge is -2.13. The van der Waals surface area contributed by atoms with Crippen molar-refractivity contribution in [3.63, 3.8) is 0 Å². The van der Waals surface area contributed by atoms with Gasteiger partial charge in [0.15, 0.2) is 21.9 Å². The average molecular weight is 238 g/mol. The second-order valence-electron chi connectivity index (χ2n) is 3.27. The number of anilines is 1. The number of rotatable bonds is 3. The number of thioether (sulfide) groups is 1. The molecule has 0 unspecified atom stereocenters. The van der Waals surface area contributed by atoms with Crippen LogP contribution < -0.4 is 5.32 Å². The van der Waals surface area contributed by atoms with Gasteiger partial charge in [-0.1, -0.05) is 5.16 Å². The van der Waals surface area contributed by atoms with E-state index in [1.807, 2.05) is 6.92 Å². The third-order valence-electron chi connectivity index (χ3n) is 1.69. The maximum atomic E-state index is 10.7. The van der Waals surface area contributed by atoms with E-state index >= 15 is 0 Å². The van der Waals surface area contributed by atoms with Gasteiger partial charge in [-0.2, -0.15) is 4.99 Å². The molecule has 1 aliphatic heterocycles. The number of hydrogen-bond donors (Lipinski definition) is 1. The lowest BCUT2D eigenvalue weighted by Crippen LogP contribution is -2.20. The van der Waals surface area contributed by atoms with Crippen LogP contribution in [0.3, 0.4) is 0 Å². The molecule has 0 spiro atoms. The van der Waals surface area contributed by atoms with Crippen LogP contribution in [0.2, 0.25) is 0 Å². The zero-order chi connectivity index (χ0) is 11.5. The highest BCUT2D eigenvalue weighted by atomic mass is 32.2. The molecule has 1 aliphatic rings. The first-order valence-electron chi connectivity index (χ1n) is 4.64. The smallest absolute Gasteiger partial charge is 0.193 e. The van der Waals surface area contributed by atoms with Crippen LogP contribution >= 0.6 is 11.8 Å². The van der Waals surface area contributed by atoms with Gasteiger partial charge in [-0.15, -0.1) is 0 Å². The van der Waals surface area contributed by atoms with Gasteiger partial charge in [0, 0.05) is 6.07 Å². The van der Waals surface area contributed by atoms with Crippen molar-refractivity contribution in [2.24, 2.45) is 9.98 Å². The number of nitrogens with zero attached hydrogens (tertiary/aromatic N) is 3. The van der Waals surface area contributed by atoms with Crippen LogP contribution in [-0.2, 0) is 4.79 Å². The summed E-state index contributed by atoms with van der Waals surface area (Å²) in [5.41, 5.74) is 0. The largest absolute Gasteiger partial charge is 0.360 e. The summed E-state index contributed by atoms with van der Waals surface area (Å²) in [5, 5.41) is 8.04. The molecule has 2 rings (SSSR count). The van der Waals surface area contributed by atoms with Crippen molar-refractivity contribution in [3.8, 4) is 0 Å². The zero-order valence-electron chi connectivity index (χ0n) is 8.85. The van der Waals surface area contributed by atoms with Crippen LogP contribution in [0.25, 0.3) is 0 Å². The van der Waals surface area contributed by atoms with Gasteiger partial charge in [0.25, 0.3) is 0 Å². The summed E-state index contributed by atoms with van der Waals surface area (Å²) in [5.74, 6) is 1.38. The molecule has 1 aromatic rings. The lowest BCUT2D eigenvalue weighted by atomic mass is 10.5. The first-order chi connectivity index (χ1) is 7.63. The predicted molar refractivity (Wildman–Crippen MR) is 62.9 cm³/mol. The molecule has 7 heteroatoms. The molecule has 0 saturated heterocycles. The number of aromatic nitrogens is 1. The SMILES string of the molecule is CC(=O)CN=C1N=C(Nc2cc(C)on2)S1. The molecular formula is C9H10N4O2S. The molecule has 16 heavy (non-hydrogen) atoms. The molecule has 0 fully saturated rings. The Hall–Kier alpha value is -1.63. The second-order valence-corrected chi connectivity index (χ2v) is 4.22. The summed E-state index contributed by atoms with van der Waals surface area (Å²) in [6.45, 7) is 3.49. The fraction of sp³-hybridized carbons (Fsp3) is 0.333. The maximum Gasteiger partial charge on any atom is 0.193 e. The van der Waals surface area contributed by atoms with Gasteiger partial charge in [0.2, 0.25) is 0 Å². The van der Waals surface area contributed by atoms with E-state index in [1.54, 1.807) is 6.07 Å². The topological polar surface area (TPSA) is 79.9 Å². The molecular weight excluding hydrogens is 228 g/mol. The normalized spacial score (nSPS) is 16.9. The molecule has 1 N–H and O–H groups in total. The standard InChI is InChI=1S/C9H10N4O2S/c1-5(14)4-10-8-12-9(16-8)11-7-3-6(2)15-13-7/h3H,4H2,1-2H3,(H,10,11,12,13). The highest BCUT2D eigenvalue weighted by molar-refractivity contribution is 8.28. The minimum absolute atomic E-state index is 0.0248. The summed E-state index contributed by atoms with van der Waals surface area (Å²) in [7, 11) is 0. The molecule has 0 aliphatic carbocycles. The number of aliphatic imine (C=N–C) groups is 2. The van der Waals surface area contributed by atoms with Crippen LogP contribution in [-0.4, -0.2) is 27.8 Å². The lowest BCUT2D eigenvalue weighted by molar-refractivity contribution is -0.115. The minimum Gasteiger partial charge on any atom is -0.360 e. The molecule has 0 amide bonds. The van der Waals surface area contributed by atoms with Crippen molar-refractivity contribution in [2.45, 2.75) is 13.8 Å². The molecule has 0 saturated carbocycles. The third-order valence-corrected chi connectivity index (χ3v) is 2.47. The van der Waals surface area contributed by atoms with Crippen LogP contribution in [0.1, 0.15) is 12.7 Å². The Bertz CT molecular complexity index is 478. The van der Waals surface area contributed by atoms with Crippen molar-refractivity contribution in [1.82, 2.24) is 5.16 Å². The van der Waals surface area contributed by atoms with Crippen molar-refractivity contribution in [1.29, 1.82) is 0 Å². The summed E-state index contributed by atoms with van der Waals surface area (Å²) < 4.78 is 4.89. The molecule has 0 aromatic carbocycles. The van der Waals surface area contributed by atoms with Crippen LogP contribution in [0.4, 0.5) is 5.82 Å². The van der Waals surface area contributed by atoms with E-state index in [0.717, 1.165) is 5.76 Å². The van der Waals surface area contributed by atoms with Gasteiger partial charge >= 0.3 is 0 Å². The van der Waals surface area contributed by atoms with Crippen molar-refractivity contribution < 1.29 is 9.32 Å². The number of Topliss-reactive ketones (excluding diaryl/α,β-unsaturated/α-hetero) is 1. The van der Waals surface area contributed by atoms with Gasteiger partial charge in [-0.05, 0) is 25.6 Å². The molecule has 1 aromatic heterocycles. The quantitative estimate of drug-likeness (QED) is 0.861. The monoisotopic (exact) mass is 238 g/mol. The highest BCUT2D eigenvalue weighted by Gasteiger charge is 2.18. The van der Waals surface area contributed by atoms with E-state index in [9.17, 15) is 4.79 Å². The second kappa shape index (κ2) is 4.48. The number of carbonyl (C=O) groups is 1. The van der Waals surface area contributed by atoms with E-state index in [0.29, 0.717) is 16.2 Å². The average Bonchev–Trinajstić information content (AvgIpc) is 2.55. The fourth-order valence-electron chi connectivity index (χ4n) is 1.01.